The molecule has 1 heterocycles. The van der Waals surface area contributed by atoms with Gasteiger partial charge >= 0.3 is 0 Å². The van der Waals surface area contributed by atoms with E-state index in [9.17, 15) is 4.79 Å². The first-order valence-electron chi connectivity index (χ1n) is 6.77. The highest BCUT2D eigenvalue weighted by atomic mass is 35.5. The van der Waals surface area contributed by atoms with Crippen LogP contribution in [0.1, 0.15) is 28.9 Å². The van der Waals surface area contributed by atoms with Crippen LogP contribution in [0.5, 0.6) is 0 Å². The van der Waals surface area contributed by atoms with Crippen LogP contribution in [0.2, 0.25) is 5.02 Å². The topological polar surface area (TPSA) is 44.9 Å². The molecule has 2 N–H and O–H groups in total. The van der Waals surface area contributed by atoms with Crippen LogP contribution in [0.3, 0.4) is 0 Å². The monoisotopic (exact) mass is 298 g/mol. The van der Waals surface area contributed by atoms with Gasteiger partial charge in [0.15, 0.2) is 0 Å². The molecule has 0 saturated carbocycles. The molecular formula is C17H15ClN2O. The number of hydrogen-bond acceptors (Lipinski definition) is 1. The van der Waals surface area contributed by atoms with Crippen LogP contribution in [0, 0.1) is 0 Å². The minimum absolute atomic E-state index is 0.0454. The molecule has 3 aromatic rings. The Bertz CT molecular complexity index is 780. The zero-order valence-electron chi connectivity index (χ0n) is 11.6. The largest absolute Gasteiger partial charge is 0.360 e. The number of carbonyl (C=O) groups excluding carboxylic acids is 1. The minimum atomic E-state index is -0.0973. The van der Waals surface area contributed by atoms with Gasteiger partial charge in [0.25, 0.3) is 5.91 Å². The number of rotatable bonds is 3. The molecule has 0 radical (unpaired) electrons. The van der Waals surface area contributed by atoms with Gasteiger partial charge in [-0.2, -0.15) is 0 Å². The summed E-state index contributed by atoms with van der Waals surface area (Å²) in [7, 11) is 0. The van der Waals surface area contributed by atoms with Gasteiger partial charge in [0, 0.05) is 22.1 Å². The van der Waals surface area contributed by atoms with Gasteiger partial charge < -0.3 is 10.3 Å². The lowest BCUT2D eigenvalue weighted by Gasteiger charge is -2.13. The summed E-state index contributed by atoms with van der Waals surface area (Å²) in [6.07, 6.45) is 1.72. The van der Waals surface area contributed by atoms with Gasteiger partial charge in [-0.15, -0.1) is 0 Å². The quantitative estimate of drug-likeness (QED) is 0.743. The van der Waals surface area contributed by atoms with Gasteiger partial charge in [-0.1, -0.05) is 48.0 Å². The van der Waals surface area contributed by atoms with Gasteiger partial charge in [0.05, 0.1) is 11.6 Å². The average molecular weight is 299 g/mol. The van der Waals surface area contributed by atoms with Gasteiger partial charge in [-0.3, -0.25) is 4.79 Å². The van der Waals surface area contributed by atoms with Crippen LogP contribution >= 0.6 is 11.6 Å². The molecule has 21 heavy (non-hydrogen) atoms. The summed E-state index contributed by atoms with van der Waals surface area (Å²) in [6.45, 7) is 1.97. The zero-order chi connectivity index (χ0) is 14.8. The first-order valence-corrected chi connectivity index (χ1v) is 7.15. The second kappa shape index (κ2) is 5.62. The summed E-state index contributed by atoms with van der Waals surface area (Å²) in [5.74, 6) is -0.0973. The number of aromatic nitrogens is 1. The van der Waals surface area contributed by atoms with Crippen LogP contribution in [0.25, 0.3) is 10.9 Å². The molecule has 0 bridgehead atoms. The highest BCUT2D eigenvalue weighted by molar-refractivity contribution is 6.31. The molecule has 1 amide bonds. The van der Waals surface area contributed by atoms with E-state index in [1.54, 1.807) is 12.3 Å². The fourth-order valence-corrected chi connectivity index (χ4v) is 2.56. The summed E-state index contributed by atoms with van der Waals surface area (Å²) < 4.78 is 0. The molecule has 4 heteroatoms. The molecule has 0 saturated heterocycles. The number of H-pyrrole nitrogens is 1. The number of fused-ring (bicyclic) bond motifs is 1. The number of hydrogen-bond donors (Lipinski definition) is 2. The minimum Gasteiger partial charge on any atom is -0.360 e. The summed E-state index contributed by atoms with van der Waals surface area (Å²) >= 11 is 5.95. The summed E-state index contributed by atoms with van der Waals surface area (Å²) in [5, 5.41) is 4.53. The van der Waals surface area contributed by atoms with Crippen molar-refractivity contribution >= 4 is 28.4 Å². The summed E-state index contributed by atoms with van der Waals surface area (Å²) in [4.78, 5) is 15.5. The van der Waals surface area contributed by atoms with Crippen LogP contribution in [0.4, 0.5) is 0 Å². The van der Waals surface area contributed by atoms with E-state index < -0.39 is 0 Å². The third-order valence-electron chi connectivity index (χ3n) is 3.54. The third kappa shape index (κ3) is 2.78. The van der Waals surface area contributed by atoms with Crippen molar-refractivity contribution in [3.05, 3.63) is 70.9 Å². The van der Waals surface area contributed by atoms with Gasteiger partial charge in [0.1, 0.15) is 0 Å². The molecule has 1 unspecified atom stereocenters. The van der Waals surface area contributed by atoms with Crippen molar-refractivity contribution in [2.45, 2.75) is 13.0 Å². The van der Waals surface area contributed by atoms with Gasteiger partial charge in [-0.25, -0.2) is 0 Å². The number of amides is 1. The maximum absolute atomic E-state index is 12.4. The van der Waals surface area contributed by atoms with E-state index in [4.69, 9.17) is 11.6 Å². The SMILES string of the molecule is CC(NC(=O)c1c[nH]c2cc(Cl)ccc12)c1ccccc1. The second-order valence-electron chi connectivity index (χ2n) is 5.00. The molecule has 0 aliphatic carbocycles. The molecular weight excluding hydrogens is 284 g/mol. The van der Waals surface area contributed by atoms with Crippen LogP contribution in [-0.4, -0.2) is 10.9 Å². The first kappa shape index (κ1) is 13.7. The second-order valence-corrected chi connectivity index (χ2v) is 5.43. The van der Waals surface area contributed by atoms with Crippen molar-refractivity contribution < 1.29 is 4.79 Å². The van der Waals surface area contributed by atoms with E-state index in [0.29, 0.717) is 10.6 Å². The Hall–Kier alpha value is -2.26. The van der Waals surface area contributed by atoms with Crippen LogP contribution in [-0.2, 0) is 0 Å². The van der Waals surface area contributed by atoms with E-state index in [1.165, 1.54) is 0 Å². The van der Waals surface area contributed by atoms with Crippen molar-refractivity contribution in [2.75, 3.05) is 0 Å². The van der Waals surface area contributed by atoms with E-state index in [-0.39, 0.29) is 11.9 Å². The molecule has 2 aromatic carbocycles. The molecule has 0 fully saturated rings. The lowest BCUT2D eigenvalue weighted by molar-refractivity contribution is 0.0941. The van der Waals surface area contributed by atoms with Crippen LogP contribution in [0.15, 0.2) is 54.7 Å². The Morgan fingerprint density at radius 2 is 1.95 bits per heavy atom. The molecule has 106 valence electrons. The van der Waals surface area contributed by atoms with Crippen molar-refractivity contribution in [1.82, 2.24) is 10.3 Å². The number of benzene rings is 2. The van der Waals surface area contributed by atoms with E-state index in [1.807, 2.05) is 49.4 Å². The lowest BCUT2D eigenvalue weighted by Crippen LogP contribution is -2.26. The fraction of sp³-hybridized carbons (Fsp3) is 0.118. The fourth-order valence-electron chi connectivity index (χ4n) is 2.39. The highest BCUT2D eigenvalue weighted by Gasteiger charge is 2.15. The highest BCUT2D eigenvalue weighted by Crippen LogP contribution is 2.22. The van der Waals surface area contributed by atoms with Crippen molar-refractivity contribution in [3.8, 4) is 0 Å². The zero-order valence-corrected chi connectivity index (χ0v) is 12.3. The molecule has 3 nitrogen and oxygen atoms in total. The standard InChI is InChI=1S/C17H15ClN2O/c1-11(12-5-3-2-4-6-12)20-17(21)15-10-19-16-9-13(18)7-8-14(15)16/h2-11,19H,1H3,(H,20,21). The number of nitrogens with one attached hydrogen (secondary N) is 2. The predicted molar refractivity (Wildman–Crippen MR) is 85.6 cm³/mol. The van der Waals surface area contributed by atoms with E-state index in [0.717, 1.165) is 16.5 Å². The van der Waals surface area contributed by atoms with Gasteiger partial charge in [-0.05, 0) is 24.6 Å². The maximum atomic E-state index is 12.4. The number of carbonyl (C=O) groups is 1. The molecule has 1 aromatic heterocycles. The van der Waals surface area contributed by atoms with Crippen molar-refractivity contribution in [2.24, 2.45) is 0 Å². The average Bonchev–Trinajstić information content (AvgIpc) is 2.91. The number of aromatic amines is 1. The Balaban J connectivity index is 1.84. The Labute approximate surface area is 127 Å². The van der Waals surface area contributed by atoms with Crippen LogP contribution < -0.4 is 5.32 Å². The summed E-state index contributed by atoms with van der Waals surface area (Å²) in [5.41, 5.74) is 2.57. The van der Waals surface area contributed by atoms with Crippen molar-refractivity contribution in [3.63, 3.8) is 0 Å². The maximum Gasteiger partial charge on any atom is 0.253 e. The van der Waals surface area contributed by atoms with E-state index in [2.05, 4.69) is 10.3 Å². The lowest BCUT2D eigenvalue weighted by atomic mass is 10.1. The molecule has 0 spiro atoms. The Morgan fingerprint density at radius 1 is 1.19 bits per heavy atom. The van der Waals surface area contributed by atoms with Gasteiger partial charge in [0.2, 0.25) is 0 Å². The van der Waals surface area contributed by atoms with E-state index >= 15 is 0 Å². The predicted octanol–water partition coefficient (Wildman–Crippen LogP) is 4.31. The molecule has 3 rings (SSSR count). The Morgan fingerprint density at radius 3 is 2.71 bits per heavy atom. The smallest absolute Gasteiger partial charge is 0.253 e. The third-order valence-corrected chi connectivity index (χ3v) is 3.77. The Kier molecular flexibility index (Phi) is 3.67. The molecule has 0 aliphatic rings. The normalized spacial score (nSPS) is 12.3. The number of halogens is 1. The summed E-state index contributed by atoms with van der Waals surface area (Å²) in [6, 6.07) is 15.3. The first-order chi connectivity index (χ1) is 10.1. The molecule has 0 aliphatic heterocycles. The van der Waals surface area contributed by atoms with Crippen molar-refractivity contribution in [1.29, 1.82) is 0 Å². The molecule has 1 atom stereocenters.